The molecule has 0 amide bonds. The maximum Gasteiger partial charge on any atom is 0.0469 e. The molecule has 0 saturated carbocycles. The molecule has 1 unspecified atom stereocenters. The molecule has 1 nitrogen and oxygen atoms in total. The Hall–Kier alpha value is -1.11. The van der Waals surface area contributed by atoms with E-state index in [1.807, 2.05) is 18.3 Å². The normalized spacial score (nSPS) is 13.5. The molecule has 1 heteroatoms. The molecule has 0 aromatic carbocycles. The lowest BCUT2D eigenvalue weighted by Crippen LogP contribution is -1.91. The van der Waals surface area contributed by atoms with Crippen LogP contribution >= 0.6 is 0 Å². The lowest BCUT2D eigenvalue weighted by Gasteiger charge is -2.03. The van der Waals surface area contributed by atoms with E-state index in [1.165, 1.54) is 0 Å². The third-order valence-electron chi connectivity index (χ3n) is 1.81. The highest BCUT2D eigenvalue weighted by Gasteiger charge is 1.99. The van der Waals surface area contributed by atoms with Gasteiger partial charge < -0.3 is 0 Å². The predicted molar refractivity (Wildman–Crippen MR) is 52.1 cm³/mol. The van der Waals surface area contributed by atoms with Crippen molar-refractivity contribution in [2.45, 2.75) is 26.2 Å². The molecular formula is C11H15N. The maximum atomic E-state index is 4.28. The van der Waals surface area contributed by atoms with Crippen molar-refractivity contribution >= 4 is 0 Å². The molecule has 0 fully saturated rings. The van der Waals surface area contributed by atoms with E-state index in [-0.39, 0.29) is 0 Å². The van der Waals surface area contributed by atoms with E-state index in [2.05, 4.69) is 37.0 Å². The molecule has 1 aromatic heterocycles. The number of pyridine rings is 1. The van der Waals surface area contributed by atoms with Gasteiger partial charge in [0.1, 0.15) is 0 Å². The molecular weight excluding hydrogens is 146 g/mol. The van der Waals surface area contributed by atoms with Gasteiger partial charge in [-0.15, -0.1) is 0 Å². The molecule has 1 rings (SSSR count). The van der Waals surface area contributed by atoms with E-state index in [1.54, 1.807) is 0 Å². The summed E-state index contributed by atoms with van der Waals surface area (Å²) in [5.41, 5.74) is 1.14. The average molecular weight is 161 g/mol. The first-order valence-corrected chi connectivity index (χ1v) is 4.42. The molecule has 0 aliphatic rings. The molecule has 0 aliphatic carbocycles. The van der Waals surface area contributed by atoms with Crippen LogP contribution in [-0.4, -0.2) is 4.98 Å². The van der Waals surface area contributed by atoms with Crippen molar-refractivity contribution in [3.63, 3.8) is 0 Å². The van der Waals surface area contributed by atoms with Gasteiger partial charge in [-0.05, 0) is 18.6 Å². The summed E-state index contributed by atoms with van der Waals surface area (Å²) < 4.78 is 0. The molecule has 64 valence electrons. The lowest BCUT2D eigenvalue weighted by molar-refractivity contribution is 0.900. The summed E-state index contributed by atoms with van der Waals surface area (Å²) in [4.78, 5) is 4.28. The van der Waals surface area contributed by atoms with Gasteiger partial charge in [-0.1, -0.05) is 32.1 Å². The van der Waals surface area contributed by atoms with Crippen LogP contribution in [-0.2, 0) is 0 Å². The summed E-state index contributed by atoms with van der Waals surface area (Å²) in [6.07, 6.45) is 7.31. The number of nitrogens with zero attached hydrogens (tertiary/aromatic N) is 1. The molecule has 0 aliphatic heterocycles. The Kier molecular flexibility index (Phi) is 3.52. The smallest absolute Gasteiger partial charge is 0.0469 e. The number of rotatable bonds is 3. The first kappa shape index (κ1) is 8.98. The van der Waals surface area contributed by atoms with E-state index in [0.29, 0.717) is 5.92 Å². The van der Waals surface area contributed by atoms with Gasteiger partial charge in [-0.2, -0.15) is 0 Å². The largest absolute Gasteiger partial charge is 0.261 e. The quantitative estimate of drug-likeness (QED) is 0.620. The molecule has 0 spiro atoms. The molecule has 1 atom stereocenters. The van der Waals surface area contributed by atoms with Gasteiger partial charge in [0.25, 0.3) is 0 Å². The summed E-state index contributed by atoms with van der Waals surface area (Å²) in [5, 5.41) is 0. The standard InChI is InChI=1S/C11H15N/c1-3-4-7-10(2)11-8-5-6-9-12-11/h4-10H,3H2,1-2H3/b7-4+. The Labute approximate surface area is 74.2 Å². The van der Waals surface area contributed by atoms with Gasteiger partial charge in [0, 0.05) is 17.8 Å². The number of hydrogen-bond acceptors (Lipinski definition) is 1. The monoisotopic (exact) mass is 161 g/mol. The minimum atomic E-state index is 0.436. The zero-order chi connectivity index (χ0) is 8.81. The Morgan fingerprint density at radius 3 is 2.92 bits per heavy atom. The molecule has 0 bridgehead atoms. The highest BCUT2D eigenvalue weighted by molar-refractivity contribution is 5.14. The highest BCUT2D eigenvalue weighted by Crippen LogP contribution is 2.12. The number of hydrogen-bond donors (Lipinski definition) is 0. The molecule has 0 radical (unpaired) electrons. The molecule has 0 saturated heterocycles. The second kappa shape index (κ2) is 4.70. The van der Waals surface area contributed by atoms with Crippen molar-refractivity contribution in [3.05, 3.63) is 42.2 Å². The van der Waals surface area contributed by atoms with Crippen molar-refractivity contribution in [2.75, 3.05) is 0 Å². The Balaban J connectivity index is 2.65. The van der Waals surface area contributed by atoms with Crippen LogP contribution in [0.4, 0.5) is 0 Å². The zero-order valence-corrected chi connectivity index (χ0v) is 7.70. The topological polar surface area (TPSA) is 12.9 Å². The van der Waals surface area contributed by atoms with E-state index in [4.69, 9.17) is 0 Å². The van der Waals surface area contributed by atoms with Crippen LogP contribution in [0.2, 0.25) is 0 Å². The van der Waals surface area contributed by atoms with E-state index >= 15 is 0 Å². The average Bonchev–Trinajstić information content (AvgIpc) is 2.15. The Morgan fingerprint density at radius 2 is 2.33 bits per heavy atom. The van der Waals surface area contributed by atoms with Crippen molar-refractivity contribution in [2.24, 2.45) is 0 Å². The first-order valence-electron chi connectivity index (χ1n) is 4.42. The van der Waals surface area contributed by atoms with Gasteiger partial charge in [0.05, 0.1) is 0 Å². The second-order valence-corrected chi connectivity index (χ2v) is 2.88. The highest BCUT2D eigenvalue weighted by atomic mass is 14.7. The van der Waals surface area contributed by atoms with Gasteiger partial charge in [0.15, 0.2) is 0 Å². The summed E-state index contributed by atoms with van der Waals surface area (Å²) >= 11 is 0. The summed E-state index contributed by atoms with van der Waals surface area (Å²) in [6, 6.07) is 6.03. The zero-order valence-electron chi connectivity index (χ0n) is 7.70. The molecule has 1 heterocycles. The van der Waals surface area contributed by atoms with Gasteiger partial charge in [-0.25, -0.2) is 0 Å². The van der Waals surface area contributed by atoms with E-state index in [9.17, 15) is 0 Å². The Morgan fingerprint density at radius 1 is 1.50 bits per heavy atom. The minimum absolute atomic E-state index is 0.436. The second-order valence-electron chi connectivity index (χ2n) is 2.88. The maximum absolute atomic E-state index is 4.28. The van der Waals surface area contributed by atoms with Gasteiger partial charge in [0.2, 0.25) is 0 Å². The van der Waals surface area contributed by atoms with Crippen LogP contribution in [0, 0.1) is 0 Å². The fraction of sp³-hybridized carbons (Fsp3) is 0.364. The van der Waals surface area contributed by atoms with Crippen LogP contribution in [0.5, 0.6) is 0 Å². The van der Waals surface area contributed by atoms with Crippen LogP contribution in [0.25, 0.3) is 0 Å². The van der Waals surface area contributed by atoms with E-state index < -0.39 is 0 Å². The Bertz CT molecular complexity index is 238. The minimum Gasteiger partial charge on any atom is -0.261 e. The van der Waals surface area contributed by atoms with Crippen molar-refractivity contribution in [1.29, 1.82) is 0 Å². The fourth-order valence-corrected chi connectivity index (χ4v) is 1.08. The predicted octanol–water partition coefficient (Wildman–Crippen LogP) is 3.15. The van der Waals surface area contributed by atoms with Gasteiger partial charge >= 0.3 is 0 Å². The van der Waals surface area contributed by atoms with Gasteiger partial charge in [-0.3, -0.25) is 4.98 Å². The summed E-state index contributed by atoms with van der Waals surface area (Å²) in [7, 11) is 0. The van der Waals surface area contributed by atoms with E-state index in [0.717, 1.165) is 12.1 Å². The van der Waals surface area contributed by atoms with Crippen LogP contribution < -0.4 is 0 Å². The SMILES string of the molecule is CC/C=C/C(C)c1ccccn1. The fourth-order valence-electron chi connectivity index (χ4n) is 1.08. The summed E-state index contributed by atoms with van der Waals surface area (Å²) in [6.45, 7) is 4.30. The lowest BCUT2D eigenvalue weighted by atomic mass is 10.1. The van der Waals surface area contributed by atoms with Crippen LogP contribution in [0.3, 0.4) is 0 Å². The number of aromatic nitrogens is 1. The molecule has 0 N–H and O–H groups in total. The first-order chi connectivity index (χ1) is 5.84. The van der Waals surface area contributed by atoms with Crippen molar-refractivity contribution < 1.29 is 0 Å². The molecule has 1 aromatic rings. The molecule has 12 heavy (non-hydrogen) atoms. The third-order valence-corrected chi connectivity index (χ3v) is 1.81. The summed E-state index contributed by atoms with van der Waals surface area (Å²) in [5.74, 6) is 0.436. The van der Waals surface area contributed by atoms with Crippen molar-refractivity contribution in [3.8, 4) is 0 Å². The van der Waals surface area contributed by atoms with Crippen LogP contribution in [0.1, 0.15) is 31.9 Å². The van der Waals surface area contributed by atoms with Crippen LogP contribution in [0.15, 0.2) is 36.5 Å². The third kappa shape index (κ3) is 2.50. The number of allylic oxidation sites excluding steroid dienone is 2. The van der Waals surface area contributed by atoms with Crippen molar-refractivity contribution in [1.82, 2.24) is 4.98 Å².